The Hall–Kier alpha value is -1.41. The first kappa shape index (κ1) is 4.74. The Morgan fingerprint density at radius 1 is 1.88 bits per heavy atom. The van der Waals surface area contributed by atoms with Crippen LogP contribution in [-0.4, -0.2) is 11.2 Å². The van der Waals surface area contributed by atoms with Crippen LogP contribution in [0.1, 0.15) is 0 Å². The van der Waals surface area contributed by atoms with Crippen LogP contribution in [-0.2, 0) is 4.79 Å². The monoisotopic (exact) mass is 110 g/mol. The fourth-order valence-corrected chi connectivity index (χ4v) is 0.312. The summed E-state index contributed by atoms with van der Waals surface area (Å²) in [6, 6.07) is 1.46. The highest BCUT2D eigenvalue weighted by Gasteiger charge is 1.86. The topological polar surface area (TPSA) is 55.5 Å². The molecule has 0 saturated carbocycles. The van der Waals surface area contributed by atoms with Crippen LogP contribution in [0.15, 0.2) is 21.8 Å². The average Bonchev–Trinajstić information content (AvgIpc) is 2.19. The molecule has 0 bridgehead atoms. The summed E-state index contributed by atoms with van der Waals surface area (Å²) in [5, 5.41) is 3.29. The summed E-state index contributed by atoms with van der Waals surface area (Å²) in [6.07, 6.45) is 2.71. The maximum absolute atomic E-state index is 9.49. The molecule has 0 fully saturated rings. The third-order valence-electron chi connectivity index (χ3n) is 0.580. The molecule has 4 nitrogen and oxygen atoms in total. The lowest BCUT2D eigenvalue weighted by atomic mass is 10.7. The Kier molecular flexibility index (Phi) is 1.21. The van der Waals surface area contributed by atoms with Crippen molar-refractivity contribution in [3.8, 4) is 0 Å². The van der Waals surface area contributed by atoms with Gasteiger partial charge in [0.2, 0.25) is 6.08 Å². The Labute approximate surface area is 44.8 Å². The number of rotatable bonds is 1. The van der Waals surface area contributed by atoms with E-state index in [9.17, 15) is 4.79 Å². The van der Waals surface area contributed by atoms with E-state index in [1.165, 1.54) is 18.3 Å². The van der Waals surface area contributed by atoms with Crippen molar-refractivity contribution in [3.05, 3.63) is 12.3 Å². The molecule has 0 aliphatic heterocycles. The number of nitrogens with zero attached hydrogens (tertiary/aromatic N) is 2. The van der Waals surface area contributed by atoms with Crippen LogP contribution >= 0.6 is 0 Å². The van der Waals surface area contributed by atoms with Crippen LogP contribution in [0.4, 0.5) is 5.88 Å². The first-order chi connectivity index (χ1) is 3.93. The quantitative estimate of drug-likeness (QED) is 0.393. The smallest absolute Gasteiger partial charge is 0.261 e. The highest BCUT2D eigenvalue weighted by atomic mass is 16.5. The fourth-order valence-electron chi connectivity index (χ4n) is 0.312. The molecule has 1 aromatic heterocycles. The van der Waals surface area contributed by atoms with Crippen molar-refractivity contribution >= 4 is 12.0 Å². The second kappa shape index (κ2) is 2.04. The molecule has 0 atom stereocenters. The standard InChI is InChI=1S/C4H2N2O2/c7-3-5-4-1-2-6-8-4/h1-2H. The SMILES string of the molecule is O=C=Nc1ccno1. The molecule has 0 unspecified atom stereocenters. The molecule has 0 spiro atoms. The van der Waals surface area contributed by atoms with Gasteiger partial charge in [0.15, 0.2) is 0 Å². The van der Waals surface area contributed by atoms with Crippen LogP contribution in [0.25, 0.3) is 0 Å². The highest BCUT2D eigenvalue weighted by Crippen LogP contribution is 2.05. The molecule has 0 N–H and O–H groups in total. The molecule has 1 rings (SSSR count). The summed E-state index contributed by atoms with van der Waals surface area (Å²) in [6.45, 7) is 0. The molecule has 40 valence electrons. The zero-order chi connectivity index (χ0) is 5.82. The Morgan fingerprint density at radius 3 is 3.25 bits per heavy atom. The van der Waals surface area contributed by atoms with Crippen LogP contribution in [0.2, 0.25) is 0 Å². The van der Waals surface area contributed by atoms with E-state index in [4.69, 9.17) is 0 Å². The minimum atomic E-state index is 0.181. The lowest BCUT2D eigenvalue weighted by Gasteiger charge is -1.67. The van der Waals surface area contributed by atoms with E-state index in [-0.39, 0.29) is 5.88 Å². The predicted molar refractivity (Wildman–Crippen MR) is 24.3 cm³/mol. The second-order valence-corrected chi connectivity index (χ2v) is 1.05. The summed E-state index contributed by atoms with van der Waals surface area (Å²) in [5.74, 6) is 0.181. The van der Waals surface area contributed by atoms with E-state index in [1.54, 1.807) is 0 Å². The van der Waals surface area contributed by atoms with E-state index < -0.39 is 0 Å². The number of hydrogen-bond donors (Lipinski definition) is 0. The van der Waals surface area contributed by atoms with E-state index in [2.05, 4.69) is 14.7 Å². The molecule has 1 heterocycles. The summed E-state index contributed by atoms with van der Waals surface area (Å²) >= 11 is 0. The summed E-state index contributed by atoms with van der Waals surface area (Å²) in [5.41, 5.74) is 0. The minimum Gasteiger partial charge on any atom is -0.336 e. The Bertz CT molecular complexity index is 198. The van der Waals surface area contributed by atoms with Crippen molar-refractivity contribution in [1.82, 2.24) is 5.16 Å². The normalized spacial score (nSPS) is 8.00. The largest absolute Gasteiger partial charge is 0.336 e. The van der Waals surface area contributed by atoms with Gasteiger partial charge in [-0.2, -0.15) is 0 Å². The average molecular weight is 110 g/mol. The molecule has 0 aliphatic carbocycles. The van der Waals surface area contributed by atoms with Crippen molar-refractivity contribution in [3.63, 3.8) is 0 Å². The van der Waals surface area contributed by atoms with E-state index in [1.807, 2.05) is 0 Å². The zero-order valence-corrected chi connectivity index (χ0v) is 3.87. The maximum atomic E-state index is 9.49. The maximum Gasteiger partial charge on any atom is 0.261 e. The van der Waals surface area contributed by atoms with E-state index in [0.717, 1.165) is 0 Å². The number of hydrogen-bond acceptors (Lipinski definition) is 4. The predicted octanol–water partition coefficient (Wildman–Crippen LogP) is 0.642. The lowest BCUT2D eigenvalue weighted by molar-refractivity contribution is 0.429. The van der Waals surface area contributed by atoms with Gasteiger partial charge in [-0.3, -0.25) is 0 Å². The minimum absolute atomic E-state index is 0.181. The fraction of sp³-hybridized carbons (Fsp3) is 0. The number of carbonyl (C=O) groups excluding carboxylic acids is 1. The van der Waals surface area contributed by atoms with Crippen molar-refractivity contribution in [1.29, 1.82) is 0 Å². The van der Waals surface area contributed by atoms with Gasteiger partial charge in [-0.25, -0.2) is 4.79 Å². The zero-order valence-electron chi connectivity index (χ0n) is 3.87. The first-order valence-corrected chi connectivity index (χ1v) is 1.92. The van der Waals surface area contributed by atoms with Crippen molar-refractivity contribution in [2.75, 3.05) is 0 Å². The molecular weight excluding hydrogens is 108 g/mol. The Morgan fingerprint density at radius 2 is 2.75 bits per heavy atom. The van der Waals surface area contributed by atoms with Gasteiger partial charge in [0, 0.05) is 6.07 Å². The van der Waals surface area contributed by atoms with Gasteiger partial charge in [0.25, 0.3) is 5.88 Å². The first-order valence-electron chi connectivity index (χ1n) is 1.92. The van der Waals surface area contributed by atoms with Gasteiger partial charge in [0.1, 0.15) is 0 Å². The molecule has 4 heteroatoms. The summed E-state index contributed by atoms with van der Waals surface area (Å²) < 4.78 is 4.39. The molecular formula is C4H2N2O2. The lowest BCUT2D eigenvalue weighted by Crippen LogP contribution is -1.49. The van der Waals surface area contributed by atoms with Gasteiger partial charge in [-0.15, -0.1) is 4.99 Å². The van der Waals surface area contributed by atoms with Gasteiger partial charge in [-0.05, 0) is 0 Å². The van der Waals surface area contributed by atoms with Crippen molar-refractivity contribution < 1.29 is 9.32 Å². The molecule has 0 radical (unpaired) electrons. The van der Waals surface area contributed by atoms with Crippen LogP contribution in [0.5, 0.6) is 0 Å². The molecule has 1 aromatic rings. The second-order valence-electron chi connectivity index (χ2n) is 1.05. The number of aromatic nitrogens is 1. The molecule has 0 aliphatic rings. The van der Waals surface area contributed by atoms with Crippen LogP contribution < -0.4 is 0 Å². The molecule has 8 heavy (non-hydrogen) atoms. The third kappa shape index (κ3) is 0.802. The van der Waals surface area contributed by atoms with Crippen molar-refractivity contribution in [2.45, 2.75) is 0 Å². The highest BCUT2D eigenvalue weighted by molar-refractivity contribution is 5.41. The third-order valence-corrected chi connectivity index (χ3v) is 0.580. The molecule has 0 saturated heterocycles. The van der Waals surface area contributed by atoms with Gasteiger partial charge < -0.3 is 4.52 Å². The summed E-state index contributed by atoms with van der Waals surface area (Å²) in [4.78, 5) is 12.6. The number of isocyanates is 1. The van der Waals surface area contributed by atoms with Crippen LogP contribution in [0, 0.1) is 0 Å². The van der Waals surface area contributed by atoms with Gasteiger partial charge in [-0.1, -0.05) is 5.16 Å². The van der Waals surface area contributed by atoms with Crippen LogP contribution in [0.3, 0.4) is 0 Å². The van der Waals surface area contributed by atoms with Crippen molar-refractivity contribution in [2.24, 2.45) is 4.99 Å². The Balaban J connectivity index is 2.93. The van der Waals surface area contributed by atoms with E-state index in [0.29, 0.717) is 0 Å². The van der Waals surface area contributed by atoms with Gasteiger partial charge in [0.05, 0.1) is 6.20 Å². The summed E-state index contributed by atoms with van der Waals surface area (Å²) in [7, 11) is 0. The molecule has 0 aromatic carbocycles. The number of aliphatic imine (C=N–C) groups is 1. The van der Waals surface area contributed by atoms with E-state index >= 15 is 0 Å². The molecule has 0 amide bonds. The van der Waals surface area contributed by atoms with Gasteiger partial charge >= 0.3 is 0 Å².